The van der Waals surface area contributed by atoms with Crippen molar-refractivity contribution in [3.63, 3.8) is 0 Å². The standard InChI is InChI=1S/C21H25.C5H10Si.C5H5.2ClH.Zr/c1-20(2,3)16-7-9-18-14(12-16)11-15-13-17(21(4,5)6)8-10-19(15)18;1-2-4-6-5-3-1;1-2-4-5-3-1;;;/h7-13H,1-6H3;1-5H2;1-3H,4H2;2*1H;/q;;;;;+2/p-2. The molecule has 4 heteroatoms. The Morgan fingerprint density at radius 1 is 0.743 bits per heavy atom. The van der Waals surface area contributed by atoms with Gasteiger partial charge in [0.2, 0.25) is 0 Å². The molecule has 5 rings (SSSR count). The summed E-state index contributed by atoms with van der Waals surface area (Å²) in [7, 11) is 0. The van der Waals surface area contributed by atoms with Crippen LogP contribution in [-0.4, -0.2) is 5.43 Å². The van der Waals surface area contributed by atoms with E-state index in [1.165, 1.54) is 36.8 Å². The van der Waals surface area contributed by atoms with Crippen LogP contribution in [0.25, 0.3) is 11.1 Å². The summed E-state index contributed by atoms with van der Waals surface area (Å²) in [5.74, 6) is 0. The van der Waals surface area contributed by atoms with Crippen molar-refractivity contribution in [2.75, 3.05) is 0 Å². The second-order valence-corrected chi connectivity index (χ2v) is 28.1. The van der Waals surface area contributed by atoms with E-state index in [1.807, 2.05) is 3.28 Å². The molecule has 0 unspecified atom stereocenters. The summed E-state index contributed by atoms with van der Waals surface area (Å²) in [5, 5.41) is 0. The Hall–Kier alpha value is -0.400. The van der Waals surface area contributed by atoms with Crippen LogP contribution in [0, 0.1) is 0 Å². The maximum atomic E-state index is 2.64. The first kappa shape index (κ1) is 29.2. The number of rotatable bonds is 2. The van der Waals surface area contributed by atoms with Gasteiger partial charge in [0.15, 0.2) is 0 Å². The second kappa shape index (κ2) is 11.1. The minimum absolute atomic E-state index is 0. The number of benzene rings is 2. The Labute approximate surface area is 234 Å². The van der Waals surface area contributed by atoms with Gasteiger partial charge in [-0.05, 0) is 0 Å². The molecule has 0 saturated carbocycles. The fourth-order valence-corrected chi connectivity index (χ4v) is 30.0. The van der Waals surface area contributed by atoms with Gasteiger partial charge in [-0.3, -0.25) is 0 Å². The van der Waals surface area contributed by atoms with Crippen molar-refractivity contribution >= 4 is 5.43 Å². The van der Waals surface area contributed by atoms with Crippen molar-refractivity contribution in [3.8, 4) is 11.1 Å². The van der Waals surface area contributed by atoms with E-state index in [-0.39, 0.29) is 41.1 Å². The minimum atomic E-state index is -1.92. The fourth-order valence-electron chi connectivity index (χ4n) is 6.02. The SMILES string of the molecule is CC(C)(C)c1ccc2c(c1)[CH]([Zr+2]([C]1=CC=CC1)=[Si]1CCCCC1)c1cc(C(C)(C)C)ccc1-2.[Cl-].[Cl-]. The van der Waals surface area contributed by atoms with Gasteiger partial charge in [0.1, 0.15) is 0 Å². The molecule has 1 saturated heterocycles. The van der Waals surface area contributed by atoms with Gasteiger partial charge in [0.25, 0.3) is 0 Å². The summed E-state index contributed by atoms with van der Waals surface area (Å²) < 4.78 is 2.64. The van der Waals surface area contributed by atoms with Crippen LogP contribution in [0.2, 0.25) is 12.1 Å². The zero-order valence-electron chi connectivity index (χ0n) is 22.3. The van der Waals surface area contributed by atoms with E-state index in [0.717, 1.165) is 3.63 Å². The second-order valence-electron chi connectivity index (χ2n) is 12.4. The molecule has 0 N–H and O–H groups in total. The van der Waals surface area contributed by atoms with Crippen molar-refractivity contribution in [1.82, 2.24) is 0 Å². The van der Waals surface area contributed by atoms with Crippen molar-refractivity contribution in [3.05, 3.63) is 80.2 Å². The average molecular weight is 603 g/mol. The summed E-state index contributed by atoms with van der Waals surface area (Å²) in [4.78, 5) is 0. The van der Waals surface area contributed by atoms with Crippen molar-refractivity contribution in [1.29, 1.82) is 0 Å². The first-order valence-electron chi connectivity index (χ1n) is 13.0. The molecule has 2 aliphatic carbocycles. The van der Waals surface area contributed by atoms with Gasteiger partial charge in [0, 0.05) is 0 Å². The number of fused-ring (bicyclic) bond motifs is 3. The Balaban J connectivity index is 0.00000171. The quantitative estimate of drug-likeness (QED) is 0.464. The molecule has 1 aliphatic heterocycles. The monoisotopic (exact) mass is 600 g/mol. The fraction of sp³-hybridized carbons (Fsp3) is 0.484. The third-order valence-corrected chi connectivity index (χ3v) is 29.1. The maximum absolute atomic E-state index is 2.64. The smallest absolute Gasteiger partial charge is 1.00 e. The van der Waals surface area contributed by atoms with E-state index >= 15 is 0 Å². The number of hydrogen-bond acceptors (Lipinski definition) is 0. The largest absolute Gasteiger partial charge is 1.00 e. The van der Waals surface area contributed by atoms with E-state index < -0.39 is 20.4 Å². The van der Waals surface area contributed by atoms with Crippen LogP contribution in [0.4, 0.5) is 0 Å². The summed E-state index contributed by atoms with van der Waals surface area (Å²) in [6.07, 6.45) is 13.1. The van der Waals surface area contributed by atoms with Gasteiger partial charge < -0.3 is 24.8 Å². The van der Waals surface area contributed by atoms with Crippen LogP contribution in [0.1, 0.15) is 93.1 Å². The Bertz CT molecular complexity index is 1120. The van der Waals surface area contributed by atoms with Crippen LogP contribution < -0.4 is 24.8 Å². The van der Waals surface area contributed by atoms with Gasteiger partial charge in [-0.25, -0.2) is 0 Å². The van der Waals surface area contributed by atoms with Crippen molar-refractivity contribution in [2.45, 2.75) is 93.8 Å². The predicted octanol–water partition coefficient (Wildman–Crippen LogP) is 3.00. The van der Waals surface area contributed by atoms with Crippen LogP contribution in [0.5, 0.6) is 0 Å². The number of hydrogen-bond donors (Lipinski definition) is 0. The molecule has 0 spiro atoms. The zero-order valence-corrected chi connectivity index (χ0v) is 27.2. The van der Waals surface area contributed by atoms with E-state index in [0.29, 0.717) is 0 Å². The van der Waals surface area contributed by atoms with Gasteiger partial charge >= 0.3 is 211 Å². The molecule has 2 aromatic rings. The molecule has 0 radical (unpaired) electrons. The summed E-state index contributed by atoms with van der Waals surface area (Å²) in [6, 6.07) is 18.2. The van der Waals surface area contributed by atoms with Gasteiger partial charge in [-0.15, -0.1) is 0 Å². The van der Waals surface area contributed by atoms with Gasteiger partial charge in [0.05, 0.1) is 0 Å². The molecule has 186 valence electrons. The summed E-state index contributed by atoms with van der Waals surface area (Å²) in [5.41, 5.74) is 9.67. The van der Waals surface area contributed by atoms with Gasteiger partial charge in [-0.2, -0.15) is 0 Å². The first-order chi connectivity index (χ1) is 15.6. The third-order valence-electron chi connectivity index (χ3n) is 7.99. The van der Waals surface area contributed by atoms with E-state index in [9.17, 15) is 0 Å². The summed E-state index contributed by atoms with van der Waals surface area (Å²) in [6.45, 7) is 14.3. The predicted molar refractivity (Wildman–Crippen MR) is 142 cm³/mol. The molecule has 35 heavy (non-hydrogen) atoms. The Kier molecular flexibility index (Phi) is 9.29. The van der Waals surface area contributed by atoms with Gasteiger partial charge in [-0.1, -0.05) is 0 Å². The van der Waals surface area contributed by atoms with E-state index in [4.69, 9.17) is 0 Å². The molecular weight excluding hydrogens is 563 g/mol. The molecule has 1 fully saturated rings. The zero-order chi connectivity index (χ0) is 23.4. The first-order valence-corrected chi connectivity index (χ1v) is 21.3. The van der Waals surface area contributed by atoms with Crippen LogP contribution in [0.3, 0.4) is 0 Å². The average Bonchev–Trinajstić information content (AvgIpc) is 3.40. The molecular formula is C31H40Cl2SiZr. The molecule has 0 amide bonds. The molecule has 2 aromatic carbocycles. The van der Waals surface area contributed by atoms with Crippen LogP contribution >= 0.6 is 0 Å². The molecule has 0 nitrogen and oxygen atoms in total. The molecule has 0 bridgehead atoms. The summed E-state index contributed by atoms with van der Waals surface area (Å²) >= 11 is -1.92. The minimum Gasteiger partial charge on any atom is -1.00 e. The molecule has 0 atom stereocenters. The van der Waals surface area contributed by atoms with Crippen LogP contribution in [0.15, 0.2) is 57.9 Å². The number of halogens is 2. The van der Waals surface area contributed by atoms with E-state index in [1.54, 1.807) is 34.3 Å². The van der Waals surface area contributed by atoms with Crippen LogP contribution in [-0.2, 0) is 31.2 Å². The maximum Gasteiger partial charge on any atom is -1.00 e. The topological polar surface area (TPSA) is 0 Å². The van der Waals surface area contributed by atoms with E-state index in [2.05, 4.69) is 96.2 Å². The Morgan fingerprint density at radius 2 is 1.26 bits per heavy atom. The molecule has 3 aliphatic rings. The van der Waals surface area contributed by atoms with Crippen molar-refractivity contribution in [2.24, 2.45) is 0 Å². The molecule has 0 aromatic heterocycles. The van der Waals surface area contributed by atoms with Crippen molar-refractivity contribution < 1.29 is 45.2 Å². The third kappa shape index (κ3) is 5.72. The Morgan fingerprint density at radius 3 is 1.69 bits per heavy atom. The normalized spacial score (nSPS) is 17.1. The molecule has 1 heterocycles. The number of allylic oxidation sites excluding steroid dienone is 4.